The molecule has 0 N–H and O–H groups in total. The SMILES string of the molecule is c1ccc2c(c1)ccc1c2c2ccccc2n1-c1nc(-n2c3ccccc3c3cc4c5ccc6ccccc6c5n5c6ccccc6c(c32)c45)c2oc3ccccc3c2n1. The van der Waals surface area contributed by atoms with Crippen LogP contribution in [0.2, 0.25) is 0 Å². The molecule has 6 heteroatoms. The van der Waals surface area contributed by atoms with Crippen molar-refractivity contribution in [3.8, 4) is 11.8 Å². The standard InChI is InChI=1S/C54H29N5O/c1-3-15-32-30(13-1)26-28-44-46(32)36-18-6-10-22-42(36)57(44)54-55-48-38-20-8-12-24-45(38)60-52(48)53(56-54)59-41-21-9-5-17-34(41)39-29-40-35-27-25-31-14-2-4-16-33(31)49(35)58-43-23-11-7-19-37(43)47(50(40)58)51(39)59/h1-29H. The second kappa shape index (κ2) is 10.8. The molecule has 0 amide bonds. The van der Waals surface area contributed by atoms with Gasteiger partial charge in [0.1, 0.15) is 11.1 Å². The molecule has 60 heavy (non-hydrogen) atoms. The fourth-order valence-electron chi connectivity index (χ4n) is 10.7. The first-order chi connectivity index (χ1) is 29.8. The number of rotatable bonds is 2. The summed E-state index contributed by atoms with van der Waals surface area (Å²) in [4.78, 5) is 11.1. The van der Waals surface area contributed by atoms with E-state index in [0.717, 1.165) is 49.3 Å². The van der Waals surface area contributed by atoms with Gasteiger partial charge < -0.3 is 8.82 Å². The number of fused-ring (bicyclic) bond motifs is 20. The van der Waals surface area contributed by atoms with E-state index in [1.54, 1.807) is 0 Å². The van der Waals surface area contributed by atoms with Crippen molar-refractivity contribution in [2.24, 2.45) is 0 Å². The minimum atomic E-state index is 0.593. The molecule has 15 aromatic rings. The first kappa shape index (κ1) is 30.9. The smallest absolute Gasteiger partial charge is 0.237 e. The maximum atomic E-state index is 6.89. The Morgan fingerprint density at radius 2 is 0.967 bits per heavy atom. The van der Waals surface area contributed by atoms with Gasteiger partial charge in [-0.2, -0.15) is 4.98 Å². The van der Waals surface area contributed by atoms with E-state index >= 15 is 0 Å². The monoisotopic (exact) mass is 763 g/mol. The van der Waals surface area contributed by atoms with Crippen LogP contribution in [0.25, 0.3) is 137 Å². The lowest BCUT2D eigenvalue weighted by atomic mass is 10.0. The summed E-state index contributed by atoms with van der Waals surface area (Å²) in [5, 5.41) is 15.4. The van der Waals surface area contributed by atoms with Gasteiger partial charge in [0.15, 0.2) is 11.4 Å². The van der Waals surface area contributed by atoms with E-state index < -0.39 is 0 Å². The minimum Gasteiger partial charge on any atom is -0.450 e. The van der Waals surface area contributed by atoms with Crippen molar-refractivity contribution in [2.75, 3.05) is 0 Å². The molecule has 0 spiro atoms. The lowest BCUT2D eigenvalue weighted by molar-refractivity contribution is 0.661. The third-order valence-electron chi connectivity index (χ3n) is 13.1. The molecule has 6 aromatic heterocycles. The largest absolute Gasteiger partial charge is 0.450 e. The Balaban J connectivity index is 1.17. The number of hydrogen-bond acceptors (Lipinski definition) is 3. The Kier molecular flexibility index (Phi) is 5.57. The number of furan rings is 1. The zero-order valence-corrected chi connectivity index (χ0v) is 31.9. The van der Waals surface area contributed by atoms with Crippen LogP contribution in [0.15, 0.2) is 180 Å². The lowest BCUT2D eigenvalue weighted by Crippen LogP contribution is -2.06. The van der Waals surface area contributed by atoms with Crippen LogP contribution >= 0.6 is 0 Å². The van der Waals surface area contributed by atoms with E-state index in [2.05, 4.69) is 177 Å². The molecule has 0 bridgehead atoms. The van der Waals surface area contributed by atoms with Crippen LogP contribution in [0.1, 0.15) is 0 Å². The molecule has 0 aliphatic carbocycles. The maximum absolute atomic E-state index is 6.89. The van der Waals surface area contributed by atoms with E-state index in [9.17, 15) is 0 Å². The van der Waals surface area contributed by atoms with Crippen molar-refractivity contribution in [3.05, 3.63) is 176 Å². The Morgan fingerprint density at radius 1 is 0.367 bits per heavy atom. The van der Waals surface area contributed by atoms with Gasteiger partial charge in [-0.3, -0.25) is 9.13 Å². The molecule has 0 saturated heterocycles. The number of benzene rings is 9. The fraction of sp³-hybridized carbons (Fsp3) is 0. The van der Waals surface area contributed by atoms with E-state index in [0.29, 0.717) is 17.3 Å². The van der Waals surface area contributed by atoms with Crippen LogP contribution in [-0.4, -0.2) is 23.5 Å². The molecule has 9 aromatic carbocycles. The minimum absolute atomic E-state index is 0.593. The van der Waals surface area contributed by atoms with Crippen LogP contribution in [-0.2, 0) is 0 Å². The first-order valence-corrected chi connectivity index (χ1v) is 20.4. The maximum Gasteiger partial charge on any atom is 0.237 e. The average Bonchev–Trinajstić information content (AvgIpc) is 4.10. The summed E-state index contributed by atoms with van der Waals surface area (Å²) in [6.45, 7) is 0. The summed E-state index contributed by atoms with van der Waals surface area (Å²) in [6.07, 6.45) is 0. The van der Waals surface area contributed by atoms with Gasteiger partial charge in [0, 0.05) is 53.9 Å². The van der Waals surface area contributed by atoms with Crippen LogP contribution in [0, 0.1) is 0 Å². The molecule has 0 unspecified atom stereocenters. The van der Waals surface area contributed by atoms with Crippen LogP contribution < -0.4 is 0 Å². The lowest BCUT2D eigenvalue weighted by Gasteiger charge is -2.12. The number of para-hydroxylation sites is 4. The van der Waals surface area contributed by atoms with Crippen LogP contribution in [0.4, 0.5) is 0 Å². The van der Waals surface area contributed by atoms with Gasteiger partial charge in [-0.05, 0) is 58.6 Å². The van der Waals surface area contributed by atoms with Gasteiger partial charge >= 0.3 is 0 Å². The summed E-state index contributed by atoms with van der Waals surface area (Å²) in [7, 11) is 0. The predicted octanol–water partition coefficient (Wildman–Crippen LogP) is 14.0. The van der Waals surface area contributed by atoms with E-state index in [-0.39, 0.29) is 0 Å². The zero-order valence-electron chi connectivity index (χ0n) is 31.9. The van der Waals surface area contributed by atoms with Crippen molar-refractivity contribution >= 4 is 125 Å². The van der Waals surface area contributed by atoms with E-state index in [1.807, 2.05) is 12.1 Å². The van der Waals surface area contributed by atoms with Gasteiger partial charge in [0.05, 0.1) is 38.6 Å². The molecule has 6 heterocycles. The highest BCUT2D eigenvalue weighted by atomic mass is 16.3. The van der Waals surface area contributed by atoms with Crippen molar-refractivity contribution in [1.29, 1.82) is 0 Å². The Bertz CT molecular complexity index is 4370. The molecule has 0 aliphatic heterocycles. The van der Waals surface area contributed by atoms with Gasteiger partial charge in [0.25, 0.3) is 0 Å². The molecule has 276 valence electrons. The quantitative estimate of drug-likeness (QED) is 0.176. The molecule has 0 aliphatic rings. The summed E-state index contributed by atoms with van der Waals surface area (Å²) < 4.78 is 14.0. The highest BCUT2D eigenvalue weighted by molar-refractivity contribution is 6.36. The molecule has 0 saturated carbocycles. The number of nitrogens with zero attached hydrogens (tertiary/aromatic N) is 5. The van der Waals surface area contributed by atoms with Gasteiger partial charge in [-0.25, -0.2) is 4.98 Å². The van der Waals surface area contributed by atoms with Crippen molar-refractivity contribution < 1.29 is 4.42 Å². The Labute approximate surface area is 339 Å². The highest BCUT2D eigenvalue weighted by Crippen LogP contribution is 2.48. The van der Waals surface area contributed by atoms with Crippen LogP contribution in [0.3, 0.4) is 0 Å². The molecule has 6 nitrogen and oxygen atoms in total. The summed E-state index contributed by atoms with van der Waals surface area (Å²) in [5.74, 6) is 1.30. The molecule has 15 rings (SSSR count). The van der Waals surface area contributed by atoms with Crippen LogP contribution in [0.5, 0.6) is 0 Å². The van der Waals surface area contributed by atoms with Gasteiger partial charge in [-0.1, -0.05) is 133 Å². The normalized spacial score (nSPS) is 12.7. The third kappa shape index (κ3) is 3.66. The summed E-state index contributed by atoms with van der Waals surface area (Å²) in [5.41, 5.74) is 10.1. The van der Waals surface area contributed by atoms with E-state index in [1.165, 1.54) is 70.4 Å². The first-order valence-electron chi connectivity index (χ1n) is 20.4. The predicted molar refractivity (Wildman–Crippen MR) is 248 cm³/mol. The van der Waals surface area contributed by atoms with Crippen molar-refractivity contribution in [1.82, 2.24) is 23.5 Å². The molecule has 0 atom stereocenters. The van der Waals surface area contributed by atoms with E-state index in [4.69, 9.17) is 14.4 Å². The van der Waals surface area contributed by atoms with Gasteiger partial charge in [0.2, 0.25) is 5.95 Å². The van der Waals surface area contributed by atoms with Gasteiger partial charge in [-0.15, -0.1) is 0 Å². The topological polar surface area (TPSA) is 53.2 Å². The molecule has 0 fully saturated rings. The zero-order chi connectivity index (χ0) is 38.8. The second-order valence-electron chi connectivity index (χ2n) is 16.1. The molecular formula is C54H29N5O. The van der Waals surface area contributed by atoms with Crippen molar-refractivity contribution in [3.63, 3.8) is 0 Å². The molecular weight excluding hydrogens is 735 g/mol. The Morgan fingerprint density at radius 3 is 1.78 bits per heavy atom. The second-order valence-corrected chi connectivity index (χ2v) is 16.1. The fourth-order valence-corrected chi connectivity index (χ4v) is 10.7. The molecule has 0 radical (unpaired) electrons. The average molecular weight is 764 g/mol. The number of aromatic nitrogens is 5. The number of hydrogen-bond donors (Lipinski definition) is 0. The summed E-state index contributed by atoms with van der Waals surface area (Å²) >= 11 is 0. The Hall–Kier alpha value is -8.22. The highest BCUT2D eigenvalue weighted by Gasteiger charge is 2.28. The third-order valence-corrected chi connectivity index (χ3v) is 13.1. The van der Waals surface area contributed by atoms with Crippen molar-refractivity contribution in [2.45, 2.75) is 0 Å². The summed E-state index contributed by atoms with van der Waals surface area (Å²) in [6, 6.07) is 63.2.